The van der Waals surface area contributed by atoms with Crippen LogP contribution >= 0.6 is 0 Å². The van der Waals surface area contributed by atoms with E-state index >= 15 is 0 Å². The summed E-state index contributed by atoms with van der Waals surface area (Å²) < 4.78 is 5.43. The van der Waals surface area contributed by atoms with Crippen molar-refractivity contribution < 1.29 is 9.53 Å². The molecule has 3 heteroatoms. The molecule has 0 aromatic heterocycles. The van der Waals surface area contributed by atoms with E-state index in [0.29, 0.717) is 19.6 Å². The molecule has 0 spiro atoms. The molecule has 0 aliphatic rings. The zero-order valence-electron chi connectivity index (χ0n) is 14.9. The largest absolute Gasteiger partial charge is 0.494 e. The fourth-order valence-electron chi connectivity index (χ4n) is 2.72. The van der Waals surface area contributed by atoms with E-state index in [1.807, 2.05) is 25.1 Å². The van der Waals surface area contributed by atoms with E-state index in [1.165, 1.54) is 16.7 Å². The smallest absolute Gasteiger partial charge is 0.224 e. The Kier molecular flexibility index (Phi) is 6.86. The highest BCUT2D eigenvalue weighted by Gasteiger charge is 2.05. The molecule has 0 radical (unpaired) electrons. The van der Waals surface area contributed by atoms with Crippen molar-refractivity contribution in [3.63, 3.8) is 0 Å². The standard InChI is InChI=1S/C21H27NO2/c1-4-24-20-11-8-18(9-12-20)6-5-13-22-21(23)15-19-10-7-16(2)14-17(19)3/h7-12,14H,4-6,13,15H2,1-3H3,(H,22,23). The van der Waals surface area contributed by atoms with Crippen molar-refractivity contribution in [3.05, 3.63) is 64.7 Å². The summed E-state index contributed by atoms with van der Waals surface area (Å²) in [6, 6.07) is 14.4. The summed E-state index contributed by atoms with van der Waals surface area (Å²) in [5, 5.41) is 3.01. The number of amides is 1. The zero-order chi connectivity index (χ0) is 17.4. The molecule has 1 amide bonds. The van der Waals surface area contributed by atoms with Gasteiger partial charge in [0.05, 0.1) is 13.0 Å². The molecule has 0 bridgehead atoms. The highest BCUT2D eigenvalue weighted by atomic mass is 16.5. The van der Waals surface area contributed by atoms with Gasteiger partial charge in [0.1, 0.15) is 5.75 Å². The summed E-state index contributed by atoms with van der Waals surface area (Å²) in [7, 11) is 0. The molecule has 3 nitrogen and oxygen atoms in total. The van der Waals surface area contributed by atoms with Crippen molar-refractivity contribution in [2.24, 2.45) is 0 Å². The Balaban J connectivity index is 1.70. The summed E-state index contributed by atoms with van der Waals surface area (Å²) >= 11 is 0. The van der Waals surface area contributed by atoms with Gasteiger partial charge in [-0.15, -0.1) is 0 Å². The third-order valence-electron chi connectivity index (χ3n) is 4.05. The van der Waals surface area contributed by atoms with E-state index < -0.39 is 0 Å². The van der Waals surface area contributed by atoms with E-state index in [0.717, 1.165) is 24.2 Å². The lowest BCUT2D eigenvalue weighted by Gasteiger charge is -2.09. The molecule has 24 heavy (non-hydrogen) atoms. The summed E-state index contributed by atoms with van der Waals surface area (Å²) in [6.45, 7) is 7.50. The van der Waals surface area contributed by atoms with Crippen LogP contribution in [0.25, 0.3) is 0 Å². The van der Waals surface area contributed by atoms with Gasteiger partial charge in [-0.1, -0.05) is 35.9 Å². The SMILES string of the molecule is CCOc1ccc(CCCNC(=O)Cc2ccc(C)cc2C)cc1. The molecule has 0 heterocycles. The second kappa shape index (κ2) is 9.11. The van der Waals surface area contributed by atoms with Gasteiger partial charge in [-0.25, -0.2) is 0 Å². The average molecular weight is 325 g/mol. The zero-order valence-corrected chi connectivity index (χ0v) is 14.9. The van der Waals surface area contributed by atoms with Crippen LogP contribution in [-0.4, -0.2) is 19.1 Å². The molecule has 0 aliphatic carbocycles. The van der Waals surface area contributed by atoms with Gasteiger partial charge in [-0.2, -0.15) is 0 Å². The summed E-state index contributed by atoms with van der Waals surface area (Å²) in [4.78, 5) is 12.0. The van der Waals surface area contributed by atoms with Crippen LogP contribution in [0.3, 0.4) is 0 Å². The van der Waals surface area contributed by atoms with Crippen LogP contribution < -0.4 is 10.1 Å². The maximum absolute atomic E-state index is 12.0. The predicted octanol–water partition coefficient (Wildman–Crippen LogP) is 3.99. The van der Waals surface area contributed by atoms with E-state index in [9.17, 15) is 4.79 Å². The van der Waals surface area contributed by atoms with Crippen LogP contribution in [0, 0.1) is 13.8 Å². The van der Waals surface area contributed by atoms with Crippen LogP contribution in [0.1, 0.15) is 35.6 Å². The van der Waals surface area contributed by atoms with E-state index in [2.05, 4.69) is 43.4 Å². The first kappa shape index (κ1) is 18.1. The van der Waals surface area contributed by atoms with Crippen molar-refractivity contribution in [1.82, 2.24) is 5.32 Å². The lowest BCUT2D eigenvalue weighted by Crippen LogP contribution is -2.26. The lowest BCUT2D eigenvalue weighted by molar-refractivity contribution is -0.120. The summed E-state index contributed by atoms with van der Waals surface area (Å²) in [5.74, 6) is 0.997. The number of nitrogens with one attached hydrogen (secondary N) is 1. The van der Waals surface area contributed by atoms with Crippen LogP contribution in [-0.2, 0) is 17.6 Å². The molecule has 0 saturated carbocycles. The van der Waals surface area contributed by atoms with Gasteiger partial charge in [-0.3, -0.25) is 4.79 Å². The van der Waals surface area contributed by atoms with Crippen molar-refractivity contribution in [3.8, 4) is 5.75 Å². The molecule has 2 aromatic carbocycles. The number of carbonyl (C=O) groups is 1. The predicted molar refractivity (Wildman–Crippen MR) is 98.6 cm³/mol. The minimum Gasteiger partial charge on any atom is -0.494 e. The Hall–Kier alpha value is -2.29. The topological polar surface area (TPSA) is 38.3 Å². The van der Waals surface area contributed by atoms with Crippen molar-refractivity contribution in [2.45, 2.75) is 40.0 Å². The van der Waals surface area contributed by atoms with Crippen molar-refractivity contribution in [2.75, 3.05) is 13.2 Å². The summed E-state index contributed by atoms with van der Waals surface area (Å²) in [6.07, 6.45) is 2.35. The number of ether oxygens (including phenoxy) is 1. The van der Waals surface area contributed by atoms with E-state index in [4.69, 9.17) is 4.74 Å². The second-order valence-corrected chi connectivity index (χ2v) is 6.14. The second-order valence-electron chi connectivity index (χ2n) is 6.14. The fraction of sp³-hybridized carbons (Fsp3) is 0.381. The highest BCUT2D eigenvalue weighted by Crippen LogP contribution is 2.13. The fourth-order valence-corrected chi connectivity index (χ4v) is 2.72. The van der Waals surface area contributed by atoms with Crippen LogP contribution in [0.15, 0.2) is 42.5 Å². The number of hydrogen-bond donors (Lipinski definition) is 1. The molecule has 0 saturated heterocycles. The third kappa shape index (κ3) is 5.73. The summed E-state index contributed by atoms with van der Waals surface area (Å²) in [5.41, 5.74) is 4.78. The Morgan fingerprint density at radius 1 is 1.08 bits per heavy atom. The number of rotatable bonds is 8. The quantitative estimate of drug-likeness (QED) is 0.745. The molecular formula is C21H27NO2. The molecule has 2 aromatic rings. The molecule has 0 unspecified atom stereocenters. The molecule has 128 valence electrons. The van der Waals surface area contributed by atoms with Gasteiger partial charge in [0, 0.05) is 6.54 Å². The average Bonchev–Trinajstić information content (AvgIpc) is 2.56. The highest BCUT2D eigenvalue weighted by molar-refractivity contribution is 5.78. The van der Waals surface area contributed by atoms with Crippen LogP contribution in [0.5, 0.6) is 5.75 Å². The van der Waals surface area contributed by atoms with Crippen molar-refractivity contribution in [1.29, 1.82) is 0 Å². The number of aryl methyl sites for hydroxylation is 3. The minimum atomic E-state index is 0.0913. The van der Waals surface area contributed by atoms with Gasteiger partial charge in [-0.05, 0) is 62.4 Å². The maximum atomic E-state index is 12.0. The first-order valence-electron chi connectivity index (χ1n) is 8.63. The Morgan fingerprint density at radius 2 is 1.83 bits per heavy atom. The number of benzene rings is 2. The monoisotopic (exact) mass is 325 g/mol. The molecule has 1 N–H and O–H groups in total. The Bertz CT molecular complexity index is 662. The molecule has 0 atom stereocenters. The van der Waals surface area contributed by atoms with Crippen molar-refractivity contribution >= 4 is 5.91 Å². The number of hydrogen-bond acceptors (Lipinski definition) is 2. The first-order chi connectivity index (χ1) is 11.6. The molecule has 2 rings (SSSR count). The number of carbonyl (C=O) groups excluding carboxylic acids is 1. The van der Waals surface area contributed by atoms with E-state index in [1.54, 1.807) is 0 Å². The van der Waals surface area contributed by atoms with Crippen LogP contribution in [0.4, 0.5) is 0 Å². The maximum Gasteiger partial charge on any atom is 0.224 e. The van der Waals surface area contributed by atoms with Gasteiger partial charge in [0.2, 0.25) is 5.91 Å². The van der Waals surface area contributed by atoms with Gasteiger partial charge >= 0.3 is 0 Å². The van der Waals surface area contributed by atoms with Gasteiger partial charge in [0.15, 0.2) is 0 Å². The Morgan fingerprint density at radius 3 is 2.50 bits per heavy atom. The van der Waals surface area contributed by atoms with E-state index in [-0.39, 0.29) is 5.91 Å². The van der Waals surface area contributed by atoms with Crippen LogP contribution in [0.2, 0.25) is 0 Å². The Labute approximate surface area is 145 Å². The minimum absolute atomic E-state index is 0.0913. The van der Waals surface area contributed by atoms with Gasteiger partial charge in [0.25, 0.3) is 0 Å². The molecule has 0 aliphatic heterocycles. The molecule has 0 fully saturated rings. The normalized spacial score (nSPS) is 10.5. The third-order valence-corrected chi connectivity index (χ3v) is 4.05. The first-order valence-corrected chi connectivity index (χ1v) is 8.63. The molecular weight excluding hydrogens is 298 g/mol. The lowest BCUT2D eigenvalue weighted by atomic mass is 10.0. The van der Waals surface area contributed by atoms with Gasteiger partial charge < -0.3 is 10.1 Å².